The average Bonchev–Trinajstić information content (AvgIpc) is 2.79. The molecule has 1 aromatic carbocycles. The van der Waals surface area contributed by atoms with Gasteiger partial charge in [-0.1, -0.05) is 22.9 Å². The molecular formula is C13H15N5O. The quantitative estimate of drug-likeness (QED) is 0.860. The number of aromatic nitrogens is 3. The number of amides is 1. The van der Waals surface area contributed by atoms with E-state index in [2.05, 4.69) is 20.9 Å². The van der Waals surface area contributed by atoms with Crippen molar-refractivity contribution in [3.05, 3.63) is 41.7 Å². The molecule has 1 amide bonds. The summed E-state index contributed by atoms with van der Waals surface area (Å²) in [5.74, 6) is -0.234. The summed E-state index contributed by atoms with van der Waals surface area (Å²) in [4.78, 5) is 12.0. The zero-order chi connectivity index (χ0) is 13.2. The Kier molecular flexibility index (Phi) is 3.00. The summed E-state index contributed by atoms with van der Waals surface area (Å²) in [6.45, 7) is 3.76. The van der Waals surface area contributed by atoms with Crippen LogP contribution in [0.2, 0.25) is 0 Å². The number of anilines is 1. The Bertz CT molecular complexity index is 585. The fraction of sp³-hybridized carbons (Fsp3) is 0.308. The molecule has 2 N–H and O–H groups in total. The smallest absolute Gasteiger partial charge is 0.277 e. The third kappa shape index (κ3) is 2.48. The Hall–Kier alpha value is -2.21. The molecule has 6 heteroatoms. The predicted octanol–water partition coefficient (Wildman–Crippen LogP) is 0.983. The lowest BCUT2D eigenvalue weighted by molar-refractivity contribution is 0.102. The number of carbonyl (C=O) groups is 1. The summed E-state index contributed by atoms with van der Waals surface area (Å²) in [5.41, 5.74) is 2.25. The summed E-state index contributed by atoms with van der Waals surface area (Å²) in [7, 11) is 0. The number of hydrogen-bond donors (Lipinski definition) is 2. The van der Waals surface area contributed by atoms with Crippen LogP contribution in [-0.2, 0) is 0 Å². The lowest BCUT2D eigenvalue weighted by Crippen LogP contribution is -2.43. The molecule has 1 aliphatic heterocycles. The van der Waals surface area contributed by atoms with E-state index in [9.17, 15) is 4.79 Å². The first-order chi connectivity index (χ1) is 9.22. The van der Waals surface area contributed by atoms with Gasteiger partial charge in [-0.15, -0.1) is 5.10 Å². The molecule has 3 rings (SSSR count). The number of hydrogen-bond acceptors (Lipinski definition) is 4. The van der Waals surface area contributed by atoms with Crippen LogP contribution in [0.5, 0.6) is 0 Å². The van der Waals surface area contributed by atoms with Crippen LogP contribution in [0.1, 0.15) is 22.1 Å². The standard InChI is InChI=1S/C13H15N5O/c1-9-2-4-10(5-3-9)15-13(19)12-8-18(17-16-12)11-6-14-7-11/h2-5,8,11,14H,6-7H2,1H3,(H,15,19). The van der Waals surface area contributed by atoms with Gasteiger partial charge in [0.15, 0.2) is 5.69 Å². The second-order valence-electron chi connectivity index (χ2n) is 4.72. The first-order valence-electron chi connectivity index (χ1n) is 6.23. The molecule has 0 atom stereocenters. The fourth-order valence-electron chi connectivity index (χ4n) is 1.85. The van der Waals surface area contributed by atoms with E-state index in [4.69, 9.17) is 0 Å². The van der Waals surface area contributed by atoms with E-state index in [0.717, 1.165) is 24.3 Å². The van der Waals surface area contributed by atoms with E-state index in [1.165, 1.54) is 0 Å². The highest BCUT2D eigenvalue weighted by atomic mass is 16.2. The van der Waals surface area contributed by atoms with Gasteiger partial charge in [-0.2, -0.15) is 0 Å². The van der Waals surface area contributed by atoms with Crippen molar-refractivity contribution < 1.29 is 4.79 Å². The van der Waals surface area contributed by atoms with E-state index in [-0.39, 0.29) is 5.91 Å². The number of benzene rings is 1. The van der Waals surface area contributed by atoms with Crippen molar-refractivity contribution in [1.29, 1.82) is 0 Å². The zero-order valence-electron chi connectivity index (χ0n) is 10.6. The van der Waals surface area contributed by atoms with E-state index >= 15 is 0 Å². The highest BCUT2D eigenvalue weighted by molar-refractivity contribution is 6.02. The van der Waals surface area contributed by atoms with Gasteiger partial charge >= 0.3 is 0 Å². The number of nitrogens with zero attached hydrogens (tertiary/aromatic N) is 3. The Labute approximate surface area is 110 Å². The molecule has 2 heterocycles. The minimum absolute atomic E-state index is 0.234. The molecule has 0 saturated carbocycles. The van der Waals surface area contributed by atoms with Crippen LogP contribution < -0.4 is 10.6 Å². The maximum Gasteiger partial charge on any atom is 0.277 e. The van der Waals surface area contributed by atoms with Gasteiger partial charge in [-0.05, 0) is 19.1 Å². The van der Waals surface area contributed by atoms with Crippen molar-refractivity contribution in [2.75, 3.05) is 18.4 Å². The molecule has 1 aliphatic rings. The predicted molar refractivity (Wildman–Crippen MR) is 71.1 cm³/mol. The van der Waals surface area contributed by atoms with Crippen molar-refractivity contribution in [1.82, 2.24) is 20.3 Å². The first kappa shape index (κ1) is 11.9. The number of nitrogens with one attached hydrogen (secondary N) is 2. The summed E-state index contributed by atoms with van der Waals surface area (Å²) < 4.78 is 1.74. The van der Waals surface area contributed by atoms with Crippen LogP contribution in [0.15, 0.2) is 30.5 Å². The van der Waals surface area contributed by atoms with Gasteiger partial charge in [0.05, 0.1) is 12.2 Å². The Morgan fingerprint density at radius 3 is 2.74 bits per heavy atom. The second kappa shape index (κ2) is 4.81. The Balaban J connectivity index is 1.69. The molecule has 0 aliphatic carbocycles. The van der Waals surface area contributed by atoms with E-state index in [0.29, 0.717) is 11.7 Å². The molecule has 98 valence electrons. The van der Waals surface area contributed by atoms with Crippen molar-refractivity contribution in [3.8, 4) is 0 Å². The van der Waals surface area contributed by atoms with Crippen LogP contribution in [-0.4, -0.2) is 34.0 Å². The highest BCUT2D eigenvalue weighted by Crippen LogP contribution is 2.12. The zero-order valence-corrected chi connectivity index (χ0v) is 10.6. The number of aryl methyl sites for hydroxylation is 1. The third-order valence-electron chi connectivity index (χ3n) is 3.19. The molecule has 0 bridgehead atoms. The maximum atomic E-state index is 12.0. The number of carbonyl (C=O) groups excluding carboxylic acids is 1. The van der Waals surface area contributed by atoms with Crippen molar-refractivity contribution in [2.45, 2.75) is 13.0 Å². The van der Waals surface area contributed by atoms with Gasteiger partial charge in [0, 0.05) is 18.8 Å². The van der Waals surface area contributed by atoms with E-state index in [1.807, 2.05) is 31.2 Å². The van der Waals surface area contributed by atoms with Crippen LogP contribution in [0.3, 0.4) is 0 Å². The third-order valence-corrected chi connectivity index (χ3v) is 3.19. The van der Waals surface area contributed by atoms with E-state index < -0.39 is 0 Å². The monoisotopic (exact) mass is 257 g/mol. The minimum Gasteiger partial charge on any atom is -0.321 e. The van der Waals surface area contributed by atoms with E-state index in [1.54, 1.807) is 10.9 Å². The number of rotatable bonds is 3. The van der Waals surface area contributed by atoms with Crippen LogP contribution in [0, 0.1) is 6.92 Å². The second-order valence-corrected chi connectivity index (χ2v) is 4.72. The molecular weight excluding hydrogens is 242 g/mol. The SMILES string of the molecule is Cc1ccc(NC(=O)c2cn(C3CNC3)nn2)cc1. The maximum absolute atomic E-state index is 12.0. The lowest BCUT2D eigenvalue weighted by Gasteiger charge is -2.26. The average molecular weight is 257 g/mol. The summed E-state index contributed by atoms with van der Waals surface area (Å²) in [6.07, 6.45) is 1.69. The minimum atomic E-state index is -0.234. The molecule has 0 radical (unpaired) electrons. The molecule has 0 spiro atoms. The molecule has 2 aromatic rings. The van der Waals surface area contributed by atoms with Gasteiger partial charge in [0.1, 0.15) is 0 Å². The lowest BCUT2D eigenvalue weighted by atomic mass is 10.2. The molecule has 6 nitrogen and oxygen atoms in total. The van der Waals surface area contributed by atoms with Gasteiger partial charge < -0.3 is 10.6 Å². The molecule has 1 aromatic heterocycles. The molecule has 19 heavy (non-hydrogen) atoms. The van der Waals surface area contributed by atoms with Crippen LogP contribution >= 0.6 is 0 Å². The highest BCUT2D eigenvalue weighted by Gasteiger charge is 2.21. The van der Waals surface area contributed by atoms with Crippen molar-refractivity contribution in [3.63, 3.8) is 0 Å². The van der Waals surface area contributed by atoms with Crippen molar-refractivity contribution in [2.24, 2.45) is 0 Å². The van der Waals surface area contributed by atoms with Gasteiger partial charge in [-0.25, -0.2) is 4.68 Å². The van der Waals surface area contributed by atoms with Crippen LogP contribution in [0.25, 0.3) is 0 Å². The molecule has 0 unspecified atom stereocenters. The first-order valence-corrected chi connectivity index (χ1v) is 6.23. The summed E-state index contributed by atoms with van der Waals surface area (Å²) in [5, 5.41) is 13.8. The van der Waals surface area contributed by atoms with Gasteiger partial charge in [0.25, 0.3) is 5.91 Å². The van der Waals surface area contributed by atoms with Crippen LogP contribution in [0.4, 0.5) is 5.69 Å². The van der Waals surface area contributed by atoms with Gasteiger partial charge in [0.2, 0.25) is 0 Å². The van der Waals surface area contributed by atoms with Crippen molar-refractivity contribution >= 4 is 11.6 Å². The van der Waals surface area contributed by atoms with Gasteiger partial charge in [-0.3, -0.25) is 4.79 Å². The normalized spacial score (nSPS) is 15.0. The summed E-state index contributed by atoms with van der Waals surface area (Å²) >= 11 is 0. The molecule has 1 fully saturated rings. The largest absolute Gasteiger partial charge is 0.321 e. The summed E-state index contributed by atoms with van der Waals surface area (Å²) in [6, 6.07) is 7.95. The molecule has 1 saturated heterocycles. The Morgan fingerprint density at radius 1 is 1.37 bits per heavy atom. The topological polar surface area (TPSA) is 71.8 Å². The fourth-order valence-corrected chi connectivity index (χ4v) is 1.85. The Morgan fingerprint density at radius 2 is 2.11 bits per heavy atom.